The summed E-state index contributed by atoms with van der Waals surface area (Å²) in [6.45, 7) is 7.58. The Balaban J connectivity index is 3.11. The minimum absolute atomic E-state index is 0.0553. The highest BCUT2D eigenvalue weighted by atomic mass is 16.5. The van der Waals surface area contributed by atoms with Crippen LogP contribution in [-0.4, -0.2) is 5.97 Å². The Labute approximate surface area is 90.2 Å². The molecule has 0 atom stereocenters. The summed E-state index contributed by atoms with van der Waals surface area (Å²) in [4.78, 5) is 10.8. The highest BCUT2D eigenvalue weighted by molar-refractivity contribution is 5.70. The molecule has 0 saturated carbocycles. The first-order valence-electron chi connectivity index (χ1n) is 4.89. The van der Waals surface area contributed by atoms with Gasteiger partial charge in [-0.3, -0.25) is 4.79 Å². The molecule has 0 aliphatic heterocycles. The van der Waals surface area contributed by atoms with E-state index in [2.05, 4.69) is 20.8 Å². The third kappa shape index (κ3) is 2.98. The molecular weight excluding hydrogens is 190 g/mol. The molecule has 0 saturated heterocycles. The summed E-state index contributed by atoms with van der Waals surface area (Å²) < 4.78 is 5.01. The van der Waals surface area contributed by atoms with E-state index in [-0.39, 0.29) is 11.4 Å². The lowest BCUT2D eigenvalue weighted by Crippen LogP contribution is -2.14. The van der Waals surface area contributed by atoms with Gasteiger partial charge in [0.05, 0.1) is 0 Å². The molecule has 15 heavy (non-hydrogen) atoms. The minimum atomic E-state index is -0.320. The van der Waals surface area contributed by atoms with Crippen molar-refractivity contribution in [1.82, 2.24) is 0 Å². The first-order chi connectivity index (χ1) is 6.80. The second-order valence-corrected chi connectivity index (χ2v) is 4.59. The van der Waals surface area contributed by atoms with E-state index >= 15 is 0 Å². The Morgan fingerprint density at radius 3 is 2.40 bits per heavy atom. The molecule has 0 amide bonds. The summed E-state index contributed by atoms with van der Waals surface area (Å²) in [7, 11) is 0. The van der Waals surface area contributed by atoms with Crippen LogP contribution in [0.1, 0.15) is 33.3 Å². The van der Waals surface area contributed by atoms with E-state index in [1.54, 1.807) is 12.1 Å². The van der Waals surface area contributed by atoms with Gasteiger partial charge in [0.2, 0.25) is 0 Å². The Morgan fingerprint density at radius 2 is 1.93 bits per heavy atom. The Bertz CT molecular complexity index is 378. The highest BCUT2D eigenvalue weighted by Crippen LogP contribution is 2.30. The largest absolute Gasteiger partial charge is 0.427 e. The van der Waals surface area contributed by atoms with Gasteiger partial charge in [0, 0.05) is 12.6 Å². The van der Waals surface area contributed by atoms with Crippen LogP contribution in [0.4, 0.5) is 5.69 Å². The van der Waals surface area contributed by atoms with Crippen LogP contribution >= 0.6 is 0 Å². The molecule has 3 nitrogen and oxygen atoms in total. The molecular formula is C12H17NO2. The van der Waals surface area contributed by atoms with Crippen molar-refractivity contribution in [3.05, 3.63) is 23.8 Å². The zero-order valence-electron chi connectivity index (χ0n) is 9.63. The zero-order chi connectivity index (χ0) is 11.6. The van der Waals surface area contributed by atoms with Crippen molar-refractivity contribution >= 4 is 11.7 Å². The number of nitrogen functional groups attached to an aromatic ring is 1. The van der Waals surface area contributed by atoms with Gasteiger partial charge in [0.1, 0.15) is 5.75 Å². The zero-order valence-corrected chi connectivity index (χ0v) is 9.63. The van der Waals surface area contributed by atoms with Crippen LogP contribution in [0, 0.1) is 0 Å². The molecule has 1 aromatic carbocycles. The third-order valence-electron chi connectivity index (χ3n) is 2.09. The molecule has 0 fully saturated rings. The predicted molar refractivity (Wildman–Crippen MR) is 60.9 cm³/mol. The van der Waals surface area contributed by atoms with Crippen molar-refractivity contribution in [2.45, 2.75) is 33.1 Å². The summed E-state index contributed by atoms with van der Waals surface area (Å²) in [5.41, 5.74) is 7.52. The molecule has 0 aromatic heterocycles. The topological polar surface area (TPSA) is 52.3 Å². The van der Waals surface area contributed by atoms with Gasteiger partial charge in [0.25, 0.3) is 0 Å². The average Bonchev–Trinajstić information content (AvgIpc) is 2.05. The standard InChI is InChI=1S/C12H17NO2/c1-8(14)15-9-5-6-11(13)10(7-9)12(2,3)4/h5-7H,13H2,1-4H3. The Kier molecular flexibility index (Phi) is 3.03. The monoisotopic (exact) mass is 207 g/mol. The van der Waals surface area contributed by atoms with Gasteiger partial charge in [-0.25, -0.2) is 0 Å². The number of hydrogen-bond donors (Lipinski definition) is 1. The van der Waals surface area contributed by atoms with Crippen molar-refractivity contribution in [3.8, 4) is 5.75 Å². The lowest BCUT2D eigenvalue weighted by molar-refractivity contribution is -0.131. The molecule has 0 aliphatic carbocycles. The molecule has 0 radical (unpaired) electrons. The molecule has 1 aromatic rings. The maximum absolute atomic E-state index is 10.8. The van der Waals surface area contributed by atoms with Crippen LogP contribution < -0.4 is 10.5 Å². The maximum Gasteiger partial charge on any atom is 0.308 e. The van der Waals surface area contributed by atoms with E-state index in [0.717, 1.165) is 11.3 Å². The van der Waals surface area contributed by atoms with Crippen LogP contribution in [0.25, 0.3) is 0 Å². The Hall–Kier alpha value is -1.51. The van der Waals surface area contributed by atoms with Gasteiger partial charge >= 0.3 is 5.97 Å². The molecule has 3 heteroatoms. The average molecular weight is 207 g/mol. The lowest BCUT2D eigenvalue weighted by Gasteiger charge is -2.21. The van der Waals surface area contributed by atoms with E-state index in [1.165, 1.54) is 6.92 Å². The summed E-state index contributed by atoms with van der Waals surface area (Å²) in [6.07, 6.45) is 0. The predicted octanol–water partition coefficient (Wildman–Crippen LogP) is 2.49. The molecule has 0 unspecified atom stereocenters. The second-order valence-electron chi connectivity index (χ2n) is 4.59. The smallest absolute Gasteiger partial charge is 0.308 e. The van der Waals surface area contributed by atoms with Crippen molar-refractivity contribution in [2.24, 2.45) is 0 Å². The number of anilines is 1. The summed E-state index contributed by atoms with van der Waals surface area (Å²) in [6, 6.07) is 5.28. The van der Waals surface area contributed by atoms with Crippen molar-refractivity contribution in [1.29, 1.82) is 0 Å². The van der Waals surface area contributed by atoms with E-state index in [0.29, 0.717) is 5.75 Å². The van der Waals surface area contributed by atoms with E-state index in [9.17, 15) is 4.79 Å². The fraction of sp³-hybridized carbons (Fsp3) is 0.417. The molecule has 0 spiro atoms. The highest BCUT2D eigenvalue weighted by Gasteiger charge is 2.17. The van der Waals surface area contributed by atoms with Gasteiger partial charge in [-0.05, 0) is 29.2 Å². The van der Waals surface area contributed by atoms with E-state index in [4.69, 9.17) is 10.5 Å². The van der Waals surface area contributed by atoms with Gasteiger partial charge in [0.15, 0.2) is 0 Å². The Morgan fingerprint density at radius 1 is 1.33 bits per heavy atom. The molecule has 0 heterocycles. The van der Waals surface area contributed by atoms with Crippen LogP contribution in [0.2, 0.25) is 0 Å². The number of nitrogens with two attached hydrogens (primary N) is 1. The summed E-state index contributed by atoms with van der Waals surface area (Å²) >= 11 is 0. The van der Waals surface area contributed by atoms with Crippen LogP contribution in [0.3, 0.4) is 0 Å². The minimum Gasteiger partial charge on any atom is -0.427 e. The second kappa shape index (κ2) is 3.93. The molecule has 82 valence electrons. The third-order valence-corrected chi connectivity index (χ3v) is 2.09. The molecule has 0 bridgehead atoms. The van der Waals surface area contributed by atoms with Crippen LogP contribution in [0.5, 0.6) is 5.75 Å². The molecule has 2 N–H and O–H groups in total. The van der Waals surface area contributed by atoms with Crippen LogP contribution in [0.15, 0.2) is 18.2 Å². The first-order valence-corrected chi connectivity index (χ1v) is 4.89. The summed E-state index contributed by atoms with van der Waals surface area (Å²) in [5, 5.41) is 0. The number of hydrogen-bond acceptors (Lipinski definition) is 3. The number of esters is 1. The molecule has 0 aliphatic rings. The van der Waals surface area contributed by atoms with Crippen molar-refractivity contribution in [3.63, 3.8) is 0 Å². The SMILES string of the molecule is CC(=O)Oc1ccc(N)c(C(C)(C)C)c1. The normalized spacial score (nSPS) is 11.2. The number of ether oxygens (including phenoxy) is 1. The van der Waals surface area contributed by atoms with Gasteiger partial charge in [-0.2, -0.15) is 0 Å². The van der Waals surface area contributed by atoms with Crippen molar-refractivity contribution in [2.75, 3.05) is 5.73 Å². The number of carbonyl (C=O) groups excluding carboxylic acids is 1. The van der Waals surface area contributed by atoms with Crippen molar-refractivity contribution < 1.29 is 9.53 Å². The number of carbonyl (C=O) groups is 1. The fourth-order valence-corrected chi connectivity index (χ4v) is 1.41. The summed E-state index contributed by atoms with van der Waals surface area (Å²) in [5.74, 6) is 0.223. The fourth-order valence-electron chi connectivity index (χ4n) is 1.41. The number of benzene rings is 1. The number of rotatable bonds is 1. The first kappa shape index (κ1) is 11.6. The van der Waals surface area contributed by atoms with Crippen LogP contribution in [-0.2, 0) is 10.2 Å². The van der Waals surface area contributed by atoms with Gasteiger partial charge < -0.3 is 10.5 Å². The lowest BCUT2D eigenvalue weighted by atomic mass is 9.86. The van der Waals surface area contributed by atoms with E-state index < -0.39 is 0 Å². The quantitative estimate of drug-likeness (QED) is 0.437. The maximum atomic E-state index is 10.8. The van der Waals surface area contributed by atoms with Gasteiger partial charge in [-0.1, -0.05) is 20.8 Å². The van der Waals surface area contributed by atoms with Gasteiger partial charge in [-0.15, -0.1) is 0 Å². The van der Waals surface area contributed by atoms with E-state index in [1.807, 2.05) is 6.07 Å². The molecule has 1 rings (SSSR count).